The van der Waals surface area contributed by atoms with Crippen molar-refractivity contribution < 1.29 is 0 Å². The molecule has 0 aliphatic carbocycles. The molecule has 0 saturated heterocycles. The molecule has 20 heavy (non-hydrogen) atoms. The summed E-state index contributed by atoms with van der Waals surface area (Å²) >= 11 is 11.9. The summed E-state index contributed by atoms with van der Waals surface area (Å²) in [5, 5.41) is 0.696. The number of hydrogen-bond acceptors (Lipinski definition) is 2. The number of nitrogens with one attached hydrogen (secondary N) is 1. The summed E-state index contributed by atoms with van der Waals surface area (Å²) in [5.74, 6) is 0.792. The van der Waals surface area contributed by atoms with E-state index in [2.05, 4.69) is 47.9 Å². The molecular weight excluding hydrogens is 293 g/mol. The SMILES string of the molecule is Cc1cc(C)c(-c2nc3nc(Cl)c(Cl)cc3[nH]2)c(C)c1. The van der Waals surface area contributed by atoms with E-state index in [1.807, 2.05) is 0 Å². The maximum absolute atomic E-state index is 5.98. The number of nitrogens with zero attached hydrogens (tertiary/aromatic N) is 2. The van der Waals surface area contributed by atoms with Gasteiger partial charge in [0.05, 0.1) is 10.5 Å². The lowest BCUT2D eigenvalue weighted by Crippen LogP contribution is -1.91. The number of pyridine rings is 1. The zero-order valence-corrected chi connectivity index (χ0v) is 12.9. The lowest BCUT2D eigenvalue weighted by molar-refractivity contribution is 1.24. The van der Waals surface area contributed by atoms with E-state index in [1.54, 1.807) is 6.07 Å². The van der Waals surface area contributed by atoms with Crippen LogP contribution in [0.15, 0.2) is 18.2 Å². The minimum Gasteiger partial charge on any atom is -0.337 e. The lowest BCUT2D eigenvalue weighted by Gasteiger charge is -2.08. The average molecular weight is 306 g/mol. The summed E-state index contributed by atoms with van der Waals surface area (Å²) < 4.78 is 0. The molecule has 2 aromatic heterocycles. The predicted molar refractivity (Wildman–Crippen MR) is 83.6 cm³/mol. The number of imidazole rings is 1. The Morgan fingerprint density at radius 1 is 0.950 bits per heavy atom. The van der Waals surface area contributed by atoms with E-state index >= 15 is 0 Å². The third kappa shape index (κ3) is 2.17. The van der Waals surface area contributed by atoms with Crippen LogP contribution in [0.3, 0.4) is 0 Å². The van der Waals surface area contributed by atoms with E-state index in [1.165, 1.54) is 16.7 Å². The molecule has 3 aromatic rings. The van der Waals surface area contributed by atoms with Crippen LogP contribution < -0.4 is 0 Å². The normalized spacial score (nSPS) is 11.2. The monoisotopic (exact) mass is 305 g/mol. The van der Waals surface area contributed by atoms with Gasteiger partial charge in [0.2, 0.25) is 0 Å². The molecule has 3 rings (SSSR count). The first kappa shape index (κ1) is 13.4. The highest BCUT2D eigenvalue weighted by molar-refractivity contribution is 6.41. The quantitative estimate of drug-likeness (QED) is 0.652. The topological polar surface area (TPSA) is 41.6 Å². The highest BCUT2D eigenvalue weighted by Gasteiger charge is 2.13. The molecule has 0 atom stereocenters. The van der Waals surface area contributed by atoms with Crippen molar-refractivity contribution in [3.8, 4) is 11.4 Å². The molecule has 0 aliphatic heterocycles. The molecule has 1 aromatic carbocycles. The average Bonchev–Trinajstić information content (AvgIpc) is 2.70. The minimum atomic E-state index is 0.273. The first-order valence-electron chi connectivity index (χ1n) is 6.25. The van der Waals surface area contributed by atoms with Gasteiger partial charge < -0.3 is 4.98 Å². The first-order valence-corrected chi connectivity index (χ1v) is 7.01. The molecule has 0 saturated carbocycles. The van der Waals surface area contributed by atoms with Crippen molar-refractivity contribution in [2.75, 3.05) is 0 Å². The van der Waals surface area contributed by atoms with E-state index < -0.39 is 0 Å². The minimum absolute atomic E-state index is 0.273. The molecule has 102 valence electrons. The summed E-state index contributed by atoms with van der Waals surface area (Å²) in [6, 6.07) is 6.04. The number of rotatable bonds is 1. The van der Waals surface area contributed by atoms with Gasteiger partial charge in [0, 0.05) is 5.56 Å². The van der Waals surface area contributed by atoms with Gasteiger partial charge >= 0.3 is 0 Å². The van der Waals surface area contributed by atoms with Crippen LogP contribution in [0.1, 0.15) is 16.7 Å². The van der Waals surface area contributed by atoms with E-state index in [0.29, 0.717) is 10.7 Å². The molecule has 0 spiro atoms. The third-order valence-electron chi connectivity index (χ3n) is 3.30. The molecule has 0 aliphatic rings. The zero-order valence-electron chi connectivity index (χ0n) is 11.4. The number of aromatic amines is 1. The van der Waals surface area contributed by atoms with Gasteiger partial charge in [0.1, 0.15) is 11.0 Å². The van der Waals surface area contributed by atoms with Gasteiger partial charge in [-0.05, 0) is 38.0 Å². The number of H-pyrrole nitrogens is 1. The fourth-order valence-electron chi connectivity index (χ4n) is 2.57. The Morgan fingerprint density at radius 2 is 1.60 bits per heavy atom. The number of aryl methyl sites for hydroxylation is 3. The Balaban J connectivity index is 2.25. The molecule has 1 N–H and O–H groups in total. The Kier molecular flexibility index (Phi) is 3.19. The van der Waals surface area contributed by atoms with Crippen LogP contribution in [-0.4, -0.2) is 15.0 Å². The smallest absolute Gasteiger partial charge is 0.179 e. The molecule has 0 bridgehead atoms. The highest BCUT2D eigenvalue weighted by atomic mass is 35.5. The van der Waals surface area contributed by atoms with E-state index in [-0.39, 0.29) is 5.15 Å². The van der Waals surface area contributed by atoms with Crippen LogP contribution in [0.5, 0.6) is 0 Å². The molecule has 5 heteroatoms. The molecule has 3 nitrogen and oxygen atoms in total. The van der Waals surface area contributed by atoms with Crippen molar-refractivity contribution in [1.82, 2.24) is 15.0 Å². The highest BCUT2D eigenvalue weighted by Crippen LogP contribution is 2.29. The van der Waals surface area contributed by atoms with Crippen molar-refractivity contribution >= 4 is 34.4 Å². The van der Waals surface area contributed by atoms with E-state index in [9.17, 15) is 0 Å². The number of halogens is 2. The van der Waals surface area contributed by atoms with Gasteiger partial charge in [-0.25, -0.2) is 9.97 Å². The summed E-state index contributed by atoms with van der Waals surface area (Å²) in [5.41, 5.74) is 6.06. The van der Waals surface area contributed by atoms with Crippen molar-refractivity contribution in [3.63, 3.8) is 0 Å². The largest absolute Gasteiger partial charge is 0.337 e. The number of aromatic nitrogens is 3. The number of fused-ring (bicyclic) bond motifs is 1. The third-order valence-corrected chi connectivity index (χ3v) is 3.97. The summed E-state index contributed by atoms with van der Waals surface area (Å²) in [7, 11) is 0. The van der Waals surface area contributed by atoms with E-state index in [0.717, 1.165) is 16.9 Å². The first-order chi connectivity index (χ1) is 9.45. The second-order valence-corrected chi connectivity index (χ2v) is 5.76. The van der Waals surface area contributed by atoms with Gasteiger partial charge in [0.25, 0.3) is 0 Å². The van der Waals surface area contributed by atoms with Crippen molar-refractivity contribution in [2.45, 2.75) is 20.8 Å². The molecule has 0 amide bonds. The van der Waals surface area contributed by atoms with Crippen molar-refractivity contribution in [1.29, 1.82) is 0 Å². The standard InChI is InChI=1S/C15H13Cl2N3/c1-7-4-8(2)12(9(3)5-7)15-18-11-6-10(16)13(17)19-14(11)20-15/h4-6H,1-3H3,(H,18,19,20). The molecule has 0 unspecified atom stereocenters. The Morgan fingerprint density at radius 3 is 2.25 bits per heavy atom. The second kappa shape index (κ2) is 4.76. The lowest BCUT2D eigenvalue weighted by atomic mass is 9.99. The molecule has 2 heterocycles. The molecule has 0 radical (unpaired) electrons. The van der Waals surface area contributed by atoms with E-state index in [4.69, 9.17) is 23.2 Å². The fourth-order valence-corrected chi connectivity index (χ4v) is 2.85. The van der Waals surface area contributed by atoms with Crippen molar-refractivity contribution in [3.05, 3.63) is 45.1 Å². The summed E-state index contributed by atoms with van der Waals surface area (Å²) in [6.07, 6.45) is 0. The Bertz CT molecular complexity index is 759. The zero-order chi connectivity index (χ0) is 14.4. The Labute approximate surface area is 127 Å². The van der Waals surface area contributed by atoms with Crippen LogP contribution >= 0.6 is 23.2 Å². The van der Waals surface area contributed by atoms with Crippen molar-refractivity contribution in [2.24, 2.45) is 0 Å². The maximum Gasteiger partial charge on any atom is 0.179 e. The van der Waals surface area contributed by atoms with Gasteiger partial charge in [-0.15, -0.1) is 0 Å². The second-order valence-electron chi connectivity index (χ2n) is 4.99. The van der Waals surface area contributed by atoms with Gasteiger partial charge in [0.15, 0.2) is 5.65 Å². The maximum atomic E-state index is 5.98. The van der Waals surface area contributed by atoms with Crippen LogP contribution in [0, 0.1) is 20.8 Å². The van der Waals surface area contributed by atoms with Crippen LogP contribution in [0.25, 0.3) is 22.6 Å². The fraction of sp³-hybridized carbons (Fsp3) is 0.200. The Hall–Kier alpha value is -1.58. The van der Waals surface area contributed by atoms with Gasteiger partial charge in [-0.1, -0.05) is 40.9 Å². The van der Waals surface area contributed by atoms with Crippen LogP contribution in [-0.2, 0) is 0 Å². The summed E-state index contributed by atoms with van der Waals surface area (Å²) in [4.78, 5) is 12.0. The van der Waals surface area contributed by atoms with Crippen LogP contribution in [0.4, 0.5) is 0 Å². The molecular formula is C15H13Cl2N3. The van der Waals surface area contributed by atoms with Gasteiger partial charge in [-0.3, -0.25) is 0 Å². The van der Waals surface area contributed by atoms with Crippen LogP contribution in [0.2, 0.25) is 10.2 Å². The predicted octanol–water partition coefficient (Wildman–Crippen LogP) is 4.86. The molecule has 0 fully saturated rings. The summed E-state index contributed by atoms with van der Waals surface area (Å²) in [6.45, 7) is 6.25. The number of benzene rings is 1. The van der Waals surface area contributed by atoms with Gasteiger partial charge in [-0.2, -0.15) is 0 Å². The number of hydrogen-bond donors (Lipinski definition) is 1.